The molecular formula is C16H25NO. The molecule has 1 unspecified atom stereocenters. The molecule has 1 fully saturated rings. The van der Waals surface area contributed by atoms with Gasteiger partial charge in [0.2, 0.25) is 0 Å². The molecule has 18 heavy (non-hydrogen) atoms. The van der Waals surface area contributed by atoms with Gasteiger partial charge in [-0.05, 0) is 43.2 Å². The Bertz CT molecular complexity index is 386. The van der Waals surface area contributed by atoms with Crippen molar-refractivity contribution in [1.29, 1.82) is 0 Å². The minimum atomic E-state index is 0.511. The van der Waals surface area contributed by atoms with E-state index in [1.54, 1.807) is 7.11 Å². The molecule has 1 aliphatic rings. The number of anilines is 1. The Hall–Kier alpha value is -1.18. The molecule has 100 valence electrons. The van der Waals surface area contributed by atoms with Crippen LogP contribution in [0.15, 0.2) is 24.3 Å². The largest absolute Gasteiger partial charge is 0.495 e. The number of methoxy groups -OCH3 is 1. The van der Waals surface area contributed by atoms with E-state index in [-0.39, 0.29) is 0 Å². The van der Waals surface area contributed by atoms with Crippen molar-refractivity contribution >= 4 is 5.69 Å². The average Bonchev–Trinajstić information content (AvgIpc) is 2.52. The zero-order valence-corrected chi connectivity index (χ0v) is 11.8. The van der Waals surface area contributed by atoms with Crippen molar-refractivity contribution in [3.63, 3.8) is 0 Å². The van der Waals surface area contributed by atoms with Crippen LogP contribution in [0.4, 0.5) is 5.69 Å². The molecule has 0 amide bonds. The van der Waals surface area contributed by atoms with Gasteiger partial charge in [0, 0.05) is 6.04 Å². The van der Waals surface area contributed by atoms with E-state index in [0.717, 1.165) is 11.4 Å². The molecule has 1 aromatic rings. The molecule has 2 nitrogen and oxygen atoms in total. The average molecular weight is 247 g/mol. The van der Waals surface area contributed by atoms with Gasteiger partial charge in [0.25, 0.3) is 0 Å². The molecule has 0 saturated heterocycles. The monoisotopic (exact) mass is 247 g/mol. The van der Waals surface area contributed by atoms with Crippen molar-refractivity contribution in [3.05, 3.63) is 24.3 Å². The van der Waals surface area contributed by atoms with Crippen LogP contribution < -0.4 is 10.1 Å². The van der Waals surface area contributed by atoms with Gasteiger partial charge in [-0.3, -0.25) is 0 Å². The highest BCUT2D eigenvalue weighted by Gasteiger charge is 2.24. The van der Waals surface area contributed by atoms with Crippen LogP contribution >= 0.6 is 0 Å². The number of para-hydroxylation sites is 2. The molecule has 1 atom stereocenters. The minimum absolute atomic E-state index is 0.511. The normalized spacial score (nSPS) is 23.2. The number of rotatable bonds is 3. The number of ether oxygens (including phenoxy) is 1. The summed E-state index contributed by atoms with van der Waals surface area (Å²) in [4.78, 5) is 0. The topological polar surface area (TPSA) is 21.3 Å². The second-order valence-electron chi connectivity index (χ2n) is 6.14. The van der Waals surface area contributed by atoms with Crippen molar-refractivity contribution in [3.8, 4) is 5.75 Å². The second-order valence-corrected chi connectivity index (χ2v) is 6.14. The van der Waals surface area contributed by atoms with Crippen LogP contribution in [-0.4, -0.2) is 13.2 Å². The first-order chi connectivity index (χ1) is 8.61. The summed E-state index contributed by atoms with van der Waals surface area (Å²) in [5, 5.41) is 3.65. The lowest BCUT2D eigenvalue weighted by Crippen LogP contribution is -2.19. The Kier molecular flexibility index (Phi) is 4.15. The van der Waals surface area contributed by atoms with Crippen LogP contribution in [0.3, 0.4) is 0 Å². The highest BCUT2D eigenvalue weighted by atomic mass is 16.5. The highest BCUT2D eigenvalue weighted by molar-refractivity contribution is 5.56. The molecule has 2 heteroatoms. The smallest absolute Gasteiger partial charge is 0.141 e. The fourth-order valence-corrected chi connectivity index (χ4v) is 2.79. The van der Waals surface area contributed by atoms with Crippen molar-refractivity contribution in [2.24, 2.45) is 5.41 Å². The van der Waals surface area contributed by atoms with Crippen molar-refractivity contribution in [2.75, 3.05) is 12.4 Å². The lowest BCUT2D eigenvalue weighted by molar-refractivity contribution is 0.313. The number of benzene rings is 1. The highest BCUT2D eigenvalue weighted by Crippen LogP contribution is 2.35. The summed E-state index contributed by atoms with van der Waals surface area (Å²) in [7, 11) is 1.73. The van der Waals surface area contributed by atoms with Gasteiger partial charge in [-0.1, -0.05) is 32.4 Å². The van der Waals surface area contributed by atoms with Crippen LogP contribution in [0.2, 0.25) is 0 Å². The van der Waals surface area contributed by atoms with E-state index in [1.807, 2.05) is 12.1 Å². The lowest BCUT2D eigenvalue weighted by Gasteiger charge is -2.23. The molecule has 1 aromatic carbocycles. The van der Waals surface area contributed by atoms with E-state index < -0.39 is 0 Å². The Balaban J connectivity index is 2.01. The lowest BCUT2D eigenvalue weighted by atomic mass is 9.85. The SMILES string of the molecule is COc1ccccc1NC1CCCC(C)(C)CC1. The Morgan fingerprint density at radius 3 is 2.72 bits per heavy atom. The standard InChI is InChI=1S/C16H25NO/c1-16(2)11-6-7-13(10-12-16)17-14-8-4-5-9-15(14)18-3/h4-5,8-9,13,17H,6-7,10-12H2,1-3H3. The van der Waals surface area contributed by atoms with E-state index in [4.69, 9.17) is 4.74 Å². The predicted octanol–water partition coefficient (Wildman–Crippen LogP) is 4.47. The van der Waals surface area contributed by atoms with E-state index in [1.165, 1.54) is 32.1 Å². The Morgan fingerprint density at radius 2 is 1.94 bits per heavy atom. The molecule has 0 bridgehead atoms. The van der Waals surface area contributed by atoms with Crippen LogP contribution in [0.25, 0.3) is 0 Å². The Labute approximate surface area is 111 Å². The van der Waals surface area contributed by atoms with Gasteiger partial charge in [-0.25, -0.2) is 0 Å². The van der Waals surface area contributed by atoms with Crippen LogP contribution in [0.1, 0.15) is 46.0 Å². The third kappa shape index (κ3) is 3.41. The fraction of sp³-hybridized carbons (Fsp3) is 0.625. The van der Waals surface area contributed by atoms with Crippen molar-refractivity contribution < 1.29 is 4.74 Å². The van der Waals surface area contributed by atoms with Gasteiger partial charge in [-0.2, -0.15) is 0 Å². The van der Waals surface area contributed by atoms with Crippen LogP contribution in [0.5, 0.6) is 5.75 Å². The first-order valence-electron chi connectivity index (χ1n) is 7.00. The van der Waals surface area contributed by atoms with Crippen molar-refractivity contribution in [2.45, 2.75) is 52.0 Å². The maximum atomic E-state index is 5.40. The maximum absolute atomic E-state index is 5.40. The molecule has 2 rings (SSSR count). The van der Waals surface area contributed by atoms with Gasteiger partial charge < -0.3 is 10.1 Å². The van der Waals surface area contributed by atoms with Gasteiger partial charge in [0.15, 0.2) is 0 Å². The van der Waals surface area contributed by atoms with E-state index in [0.29, 0.717) is 11.5 Å². The third-order valence-corrected chi connectivity index (χ3v) is 4.04. The van der Waals surface area contributed by atoms with Crippen LogP contribution in [-0.2, 0) is 0 Å². The number of hydrogen-bond acceptors (Lipinski definition) is 2. The summed E-state index contributed by atoms with van der Waals surface area (Å²) in [6.07, 6.45) is 6.49. The second kappa shape index (κ2) is 5.64. The summed E-state index contributed by atoms with van der Waals surface area (Å²) in [6.45, 7) is 4.77. The van der Waals surface area contributed by atoms with E-state index in [9.17, 15) is 0 Å². The molecule has 1 N–H and O–H groups in total. The molecule has 0 spiro atoms. The summed E-state index contributed by atoms with van der Waals surface area (Å²) in [6, 6.07) is 8.78. The maximum Gasteiger partial charge on any atom is 0.141 e. The molecular weight excluding hydrogens is 222 g/mol. The zero-order valence-electron chi connectivity index (χ0n) is 11.8. The minimum Gasteiger partial charge on any atom is -0.495 e. The van der Waals surface area contributed by atoms with E-state index in [2.05, 4.69) is 31.3 Å². The summed E-state index contributed by atoms with van der Waals surface area (Å²) in [5.41, 5.74) is 1.64. The van der Waals surface area contributed by atoms with Crippen molar-refractivity contribution in [1.82, 2.24) is 0 Å². The van der Waals surface area contributed by atoms with Gasteiger partial charge in [-0.15, -0.1) is 0 Å². The molecule has 0 aliphatic heterocycles. The summed E-state index contributed by atoms with van der Waals surface area (Å²) in [5.74, 6) is 0.945. The number of nitrogens with one attached hydrogen (secondary N) is 1. The molecule has 0 radical (unpaired) electrons. The van der Waals surface area contributed by atoms with Gasteiger partial charge in [0.1, 0.15) is 5.75 Å². The summed E-state index contributed by atoms with van der Waals surface area (Å²) >= 11 is 0. The summed E-state index contributed by atoms with van der Waals surface area (Å²) < 4.78 is 5.40. The Morgan fingerprint density at radius 1 is 1.17 bits per heavy atom. The van der Waals surface area contributed by atoms with Gasteiger partial charge in [0.05, 0.1) is 12.8 Å². The first-order valence-corrected chi connectivity index (χ1v) is 7.00. The number of hydrogen-bond donors (Lipinski definition) is 1. The van der Waals surface area contributed by atoms with E-state index >= 15 is 0 Å². The molecule has 0 aromatic heterocycles. The van der Waals surface area contributed by atoms with Gasteiger partial charge >= 0.3 is 0 Å². The zero-order chi connectivity index (χ0) is 13.0. The van der Waals surface area contributed by atoms with Crippen LogP contribution in [0, 0.1) is 5.41 Å². The third-order valence-electron chi connectivity index (χ3n) is 4.04. The molecule has 1 saturated carbocycles. The molecule has 0 heterocycles. The quantitative estimate of drug-likeness (QED) is 0.796. The fourth-order valence-electron chi connectivity index (χ4n) is 2.79. The predicted molar refractivity (Wildman–Crippen MR) is 77.3 cm³/mol. The first kappa shape index (κ1) is 13.3. The molecule has 1 aliphatic carbocycles.